The fraction of sp³-hybridized carbons (Fsp3) is 0.190. The van der Waals surface area contributed by atoms with Gasteiger partial charge in [-0.05, 0) is 36.2 Å². The van der Waals surface area contributed by atoms with Crippen LogP contribution in [-0.2, 0) is 11.3 Å². The summed E-state index contributed by atoms with van der Waals surface area (Å²) in [5.41, 5.74) is 1.64. The molecule has 144 valence electrons. The molecule has 0 spiro atoms. The molecule has 0 aliphatic heterocycles. The number of aromatic nitrogens is 2. The number of hydrogen-bond donors (Lipinski definition) is 2. The van der Waals surface area contributed by atoms with Gasteiger partial charge < -0.3 is 10.6 Å². The summed E-state index contributed by atoms with van der Waals surface area (Å²) in [7, 11) is 0. The molecule has 7 heteroatoms. The first-order valence-electron chi connectivity index (χ1n) is 9.01. The van der Waals surface area contributed by atoms with E-state index >= 15 is 0 Å². The Hall–Kier alpha value is -3.12. The topological polar surface area (TPSA) is 76.0 Å². The summed E-state index contributed by atoms with van der Waals surface area (Å²) in [5, 5.41) is 10.5. The first kappa shape index (κ1) is 19.6. The molecule has 2 N–H and O–H groups in total. The van der Waals surface area contributed by atoms with E-state index in [2.05, 4.69) is 15.7 Å². The van der Waals surface area contributed by atoms with Crippen molar-refractivity contribution < 1.29 is 9.59 Å². The summed E-state index contributed by atoms with van der Waals surface area (Å²) in [4.78, 5) is 24.2. The lowest BCUT2D eigenvalue weighted by Gasteiger charge is -2.09. The minimum Gasteiger partial charge on any atom is -0.352 e. The molecule has 1 aromatic heterocycles. The monoisotopic (exact) mass is 396 g/mol. The first-order valence-corrected chi connectivity index (χ1v) is 9.39. The highest BCUT2D eigenvalue weighted by Gasteiger charge is 2.09. The number of benzene rings is 2. The van der Waals surface area contributed by atoms with Gasteiger partial charge in [0.25, 0.3) is 5.91 Å². The van der Waals surface area contributed by atoms with Crippen LogP contribution < -0.4 is 10.6 Å². The van der Waals surface area contributed by atoms with E-state index in [1.54, 1.807) is 41.2 Å². The van der Waals surface area contributed by atoms with E-state index in [1.165, 1.54) is 0 Å². The minimum atomic E-state index is -0.182. The van der Waals surface area contributed by atoms with E-state index in [9.17, 15) is 9.59 Å². The Morgan fingerprint density at radius 1 is 1.00 bits per heavy atom. The molecule has 0 radical (unpaired) electrons. The number of carbonyl (C=O) groups excluding carboxylic acids is 2. The summed E-state index contributed by atoms with van der Waals surface area (Å²) in [6.45, 7) is 0.999. The van der Waals surface area contributed by atoms with Gasteiger partial charge in [0.05, 0.1) is 12.7 Å². The Morgan fingerprint density at radius 2 is 1.75 bits per heavy atom. The van der Waals surface area contributed by atoms with Crippen molar-refractivity contribution in [3.8, 4) is 0 Å². The van der Waals surface area contributed by atoms with E-state index in [1.807, 2.05) is 30.3 Å². The standard InChI is InChI=1S/C21H21ClN4O2/c22-18-10-8-17(9-11-18)21(28)23-13-4-7-20(27)25-19-12-14-24-26(19)15-16-5-2-1-3-6-16/h1-3,5-6,8-12,14H,4,7,13,15H2,(H,23,28)(H,25,27). The van der Waals surface area contributed by atoms with Crippen LogP contribution in [0.1, 0.15) is 28.8 Å². The van der Waals surface area contributed by atoms with Crippen LogP contribution in [0.5, 0.6) is 0 Å². The van der Waals surface area contributed by atoms with E-state index in [0.29, 0.717) is 42.3 Å². The van der Waals surface area contributed by atoms with Gasteiger partial charge in [-0.2, -0.15) is 5.10 Å². The van der Waals surface area contributed by atoms with Gasteiger partial charge in [0.15, 0.2) is 0 Å². The van der Waals surface area contributed by atoms with Crippen LogP contribution in [0.3, 0.4) is 0 Å². The molecule has 2 amide bonds. The van der Waals surface area contributed by atoms with Gasteiger partial charge in [-0.3, -0.25) is 9.59 Å². The van der Waals surface area contributed by atoms with Crippen LogP contribution in [0.4, 0.5) is 5.82 Å². The normalized spacial score (nSPS) is 10.5. The number of amides is 2. The Kier molecular flexibility index (Phi) is 6.81. The molecule has 3 rings (SSSR count). The van der Waals surface area contributed by atoms with Crippen LogP contribution in [0.15, 0.2) is 66.9 Å². The third kappa shape index (κ3) is 5.69. The lowest BCUT2D eigenvalue weighted by atomic mass is 10.2. The smallest absolute Gasteiger partial charge is 0.251 e. The Balaban J connectivity index is 1.42. The van der Waals surface area contributed by atoms with Gasteiger partial charge in [-0.25, -0.2) is 4.68 Å². The summed E-state index contributed by atoms with van der Waals surface area (Å²) in [6, 6.07) is 18.4. The lowest BCUT2D eigenvalue weighted by molar-refractivity contribution is -0.116. The van der Waals surface area contributed by atoms with Crippen molar-refractivity contribution in [2.24, 2.45) is 0 Å². The summed E-state index contributed by atoms with van der Waals surface area (Å²) >= 11 is 5.81. The molecule has 0 fully saturated rings. The Labute approximate surface area is 168 Å². The second-order valence-corrected chi connectivity index (χ2v) is 6.71. The fourth-order valence-electron chi connectivity index (χ4n) is 2.68. The minimum absolute atomic E-state index is 0.115. The number of anilines is 1. The predicted molar refractivity (Wildman–Crippen MR) is 109 cm³/mol. The molecule has 0 unspecified atom stereocenters. The third-order valence-corrected chi connectivity index (χ3v) is 4.38. The molecule has 0 saturated carbocycles. The van der Waals surface area contributed by atoms with Gasteiger partial charge in [0, 0.05) is 29.6 Å². The molecule has 1 heterocycles. The number of carbonyl (C=O) groups is 2. The third-order valence-electron chi connectivity index (χ3n) is 4.13. The maximum atomic E-state index is 12.2. The molecule has 0 aliphatic rings. The predicted octanol–water partition coefficient (Wildman–Crippen LogP) is 3.73. The van der Waals surface area contributed by atoms with Crippen molar-refractivity contribution in [2.45, 2.75) is 19.4 Å². The maximum absolute atomic E-state index is 12.2. The molecular weight excluding hydrogens is 376 g/mol. The second-order valence-electron chi connectivity index (χ2n) is 6.27. The maximum Gasteiger partial charge on any atom is 0.251 e. The molecule has 0 bridgehead atoms. The highest BCUT2D eigenvalue weighted by atomic mass is 35.5. The lowest BCUT2D eigenvalue weighted by Crippen LogP contribution is -2.25. The molecule has 2 aromatic carbocycles. The summed E-state index contributed by atoms with van der Waals surface area (Å²) < 4.78 is 1.75. The average Bonchev–Trinajstić information content (AvgIpc) is 3.13. The number of hydrogen-bond acceptors (Lipinski definition) is 3. The van der Waals surface area contributed by atoms with Gasteiger partial charge >= 0.3 is 0 Å². The quantitative estimate of drug-likeness (QED) is 0.569. The molecular formula is C21H21ClN4O2. The van der Waals surface area contributed by atoms with Gasteiger partial charge in [0.2, 0.25) is 5.91 Å². The van der Waals surface area contributed by atoms with Crippen LogP contribution in [0.2, 0.25) is 5.02 Å². The average molecular weight is 397 g/mol. The van der Waals surface area contributed by atoms with E-state index in [4.69, 9.17) is 11.6 Å². The van der Waals surface area contributed by atoms with Crippen molar-refractivity contribution in [2.75, 3.05) is 11.9 Å². The molecule has 6 nitrogen and oxygen atoms in total. The molecule has 3 aromatic rings. The van der Waals surface area contributed by atoms with Gasteiger partial charge in [-0.1, -0.05) is 41.9 Å². The summed E-state index contributed by atoms with van der Waals surface area (Å²) in [5.74, 6) is 0.354. The van der Waals surface area contributed by atoms with Gasteiger partial charge in [0.1, 0.15) is 5.82 Å². The number of nitrogens with one attached hydrogen (secondary N) is 2. The van der Waals surface area contributed by atoms with Crippen molar-refractivity contribution in [1.82, 2.24) is 15.1 Å². The zero-order valence-corrected chi connectivity index (χ0v) is 16.0. The number of nitrogens with zero attached hydrogens (tertiary/aromatic N) is 2. The van der Waals surface area contributed by atoms with Crippen LogP contribution in [0.25, 0.3) is 0 Å². The number of halogens is 1. The van der Waals surface area contributed by atoms with Crippen molar-refractivity contribution in [1.29, 1.82) is 0 Å². The molecule has 28 heavy (non-hydrogen) atoms. The Bertz CT molecular complexity index is 923. The van der Waals surface area contributed by atoms with Crippen LogP contribution >= 0.6 is 11.6 Å². The largest absolute Gasteiger partial charge is 0.352 e. The molecule has 0 saturated heterocycles. The van der Waals surface area contributed by atoms with E-state index in [-0.39, 0.29) is 11.8 Å². The van der Waals surface area contributed by atoms with Crippen molar-refractivity contribution in [3.63, 3.8) is 0 Å². The second kappa shape index (κ2) is 9.71. The van der Waals surface area contributed by atoms with E-state index in [0.717, 1.165) is 5.56 Å². The summed E-state index contributed by atoms with van der Waals surface area (Å²) in [6.07, 6.45) is 2.50. The molecule has 0 atom stereocenters. The van der Waals surface area contributed by atoms with Crippen LogP contribution in [-0.4, -0.2) is 28.1 Å². The first-order chi connectivity index (χ1) is 13.6. The highest BCUT2D eigenvalue weighted by Crippen LogP contribution is 2.11. The zero-order valence-electron chi connectivity index (χ0n) is 15.3. The van der Waals surface area contributed by atoms with Gasteiger partial charge in [-0.15, -0.1) is 0 Å². The highest BCUT2D eigenvalue weighted by molar-refractivity contribution is 6.30. The SMILES string of the molecule is O=C(CCCNC(=O)c1ccc(Cl)cc1)Nc1ccnn1Cc1ccccc1. The van der Waals surface area contributed by atoms with Crippen molar-refractivity contribution in [3.05, 3.63) is 83.0 Å². The zero-order chi connectivity index (χ0) is 19.8. The van der Waals surface area contributed by atoms with Crippen LogP contribution in [0, 0.1) is 0 Å². The number of rotatable bonds is 8. The fourth-order valence-corrected chi connectivity index (χ4v) is 2.81. The Morgan fingerprint density at radius 3 is 2.50 bits per heavy atom. The van der Waals surface area contributed by atoms with E-state index < -0.39 is 0 Å². The molecule has 0 aliphatic carbocycles. The van der Waals surface area contributed by atoms with Crippen molar-refractivity contribution >= 4 is 29.2 Å².